The van der Waals surface area contributed by atoms with Crippen molar-refractivity contribution in [2.24, 2.45) is 0 Å². The van der Waals surface area contributed by atoms with Gasteiger partial charge in [-0.1, -0.05) is 19.1 Å². The van der Waals surface area contributed by atoms with Crippen molar-refractivity contribution < 1.29 is 8.42 Å². The third kappa shape index (κ3) is 3.75. The first-order chi connectivity index (χ1) is 6.54. The first-order valence-corrected chi connectivity index (χ1v) is 6.22. The van der Waals surface area contributed by atoms with E-state index in [1.807, 2.05) is 13.0 Å². The molecule has 0 heterocycles. The average molecular weight is 212 g/mol. The number of rotatable bonds is 2. The lowest BCUT2D eigenvalue weighted by molar-refractivity contribution is 0.601. The van der Waals surface area contributed by atoms with Crippen LogP contribution in [0, 0.1) is 0 Å². The molecule has 0 aromatic heterocycles. The fraction of sp³-hybridized carbons (Fsp3) is 0.273. The van der Waals surface area contributed by atoms with Gasteiger partial charge in [-0.05, 0) is 24.1 Å². The van der Waals surface area contributed by atoms with Gasteiger partial charge >= 0.3 is 0 Å². The molecule has 0 unspecified atom stereocenters. The number of hydrogen-bond acceptors (Lipinski definition) is 2. The van der Waals surface area contributed by atoms with Crippen molar-refractivity contribution in [1.82, 2.24) is 0 Å². The van der Waals surface area contributed by atoms with Gasteiger partial charge in [0, 0.05) is 6.26 Å². The number of aryl methyl sites for hydroxylation is 1. The van der Waals surface area contributed by atoms with Crippen LogP contribution in [0.3, 0.4) is 0 Å². The highest BCUT2D eigenvalue weighted by Gasteiger charge is 2.05. The highest BCUT2D eigenvalue weighted by molar-refractivity contribution is 7.90. The third-order valence-electron chi connectivity index (χ3n) is 1.73. The molecule has 78 valence electrons. The third-order valence-corrected chi connectivity index (χ3v) is 2.85. The average Bonchev–Trinajstić information content (AvgIpc) is 2.20. The Morgan fingerprint density at radius 2 is 1.86 bits per heavy atom. The summed E-state index contributed by atoms with van der Waals surface area (Å²) < 4.78 is 22.2. The van der Waals surface area contributed by atoms with E-state index in [-0.39, 0.29) is 0 Å². The van der Waals surface area contributed by atoms with Gasteiger partial charge < -0.3 is 0 Å². The molecule has 0 aliphatic rings. The molecule has 0 atom stereocenters. The fourth-order valence-electron chi connectivity index (χ4n) is 0.996. The fourth-order valence-corrected chi connectivity index (χ4v) is 1.69. The maximum atomic E-state index is 11.1. The van der Waals surface area contributed by atoms with E-state index in [2.05, 4.69) is 13.2 Å². The Hall–Kier alpha value is -1.09. The Morgan fingerprint density at radius 3 is 2.29 bits per heavy atom. The molecule has 14 heavy (non-hydrogen) atoms. The van der Waals surface area contributed by atoms with Crippen LogP contribution in [0.25, 0.3) is 0 Å². The zero-order valence-electron chi connectivity index (χ0n) is 8.66. The second-order valence-corrected chi connectivity index (χ2v) is 4.79. The topological polar surface area (TPSA) is 34.1 Å². The summed E-state index contributed by atoms with van der Waals surface area (Å²) in [5, 5.41) is 0. The molecule has 0 fully saturated rings. The van der Waals surface area contributed by atoms with E-state index in [9.17, 15) is 8.42 Å². The van der Waals surface area contributed by atoms with E-state index in [1.54, 1.807) is 18.2 Å². The van der Waals surface area contributed by atoms with Gasteiger partial charge in [0.25, 0.3) is 0 Å². The molecule has 3 heteroatoms. The van der Waals surface area contributed by atoms with Crippen molar-refractivity contribution in [2.45, 2.75) is 18.2 Å². The van der Waals surface area contributed by atoms with Gasteiger partial charge in [0.2, 0.25) is 0 Å². The maximum absolute atomic E-state index is 11.1. The van der Waals surface area contributed by atoms with E-state index in [4.69, 9.17) is 0 Å². The van der Waals surface area contributed by atoms with E-state index in [1.165, 1.54) is 6.26 Å². The predicted molar refractivity (Wildman–Crippen MR) is 60.2 cm³/mol. The predicted octanol–water partition coefficient (Wildman–Crippen LogP) is 2.45. The van der Waals surface area contributed by atoms with Crippen LogP contribution in [0.4, 0.5) is 0 Å². The van der Waals surface area contributed by atoms with Crippen LogP contribution in [-0.2, 0) is 16.3 Å². The van der Waals surface area contributed by atoms with Gasteiger partial charge in [-0.25, -0.2) is 8.42 Å². The van der Waals surface area contributed by atoms with Gasteiger partial charge in [0.1, 0.15) is 0 Å². The molecule has 1 aromatic rings. The highest BCUT2D eigenvalue weighted by Crippen LogP contribution is 2.11. The molecular formula is C11H16O2S. The van der Waals surface area contributed by atoms with Crippen molar-refractivity contribution in [3.05, 3.63) is 43.0 Å². The van der Waals surface area contributed by atoms with Gasteiger partial charge in [-0.15, -0.1) is 13.2 Å². The van der Waals surface area contributed by atoms with Crippen LogP contribution >= 0.6 is 0 Å². The Bertz CT molecular complexity index is 380. The number of hydrogen-bond donors (Lipinski definition) is 0. The smallest absolute Gasteiger partial charge is 0.175 e. The van der Waals surface area contributed by atoms with Crippen LogP contribution in [-0.4, -0.2) is 14.7 Å². The standard InChI is InChI=1S/C9H12O2S.C2H4/c1-3-8-5-4-6-9(7-8)12(2,10)11;1-2/h4-7H,3H2,1-2H3;1-2H2. The summed E-state index contributed by atoms with van der Waals surface area (Å²) in [6, 6.07) is 7.04. The molecule has 1 aromatic carbocycles. The molecule has 0 aliphatic carbocycles. The summed E-state index contributed by atoms with van der Waals surface area (Å²) in [7, 11) is -3.04. The van der Waals surface area contributed by atoms with Crippen molar-refractivity contribution in [2.75, 3.05) is 6.26 Å². The number of sulfone groups is 1. The van der Waals surface area contributed by atoms with Crippen molar-refractivity contribution in [1.29, 1.82) is 0 Å². The van der Waals surface area contributed by atoms with Gasteiger partial charge in [0.15, 0.2) is 9.84 Å². The van der Waals surface area contributed by atoms with E-state index >= 15 is 0 Å². The van der Waals surface area contributed by atoms with Crippen LogP contribution in [0.2, 0.25) is 0 Å². The Labute approximate surface area is 86.2 Å². The lowest BCUT2D eigenvalue weighted by atomic mass is 10.2. The molecule has 1 rings (SSSR count). The second-order valence-electron chi connectivity index (χ2n) is 2.77. The highest BCUT2D eigenvalue weighted by atomic mass is 32.2. The van der Waals surface area contributed by atoms with Crippen molar-refractivity contribution >= 4 is 9.84 Å². The molecule has 0 radical (unpaired) electrons. The normalized spacial score (nSPS) is 10.1. The molecule has 0 bridgehead atoms. The van der Waals surface area contributed by atoms with Crippen LogP contribution in [0.5, 0.6) is 0 Å². The lowest BCUT2D eigenvalue weighted by Crippen LogP contribution is -1.97. The summed E-state index contributed by atoms with van der Waals surface area (Å²) in [5.41, 5.74) is 1.05. The van der Waals surface area contributed by atoms with Crippen molar-refractivity contribution in [3.8, 4) is 0 Å². The maximum Gasteiger partial charge on any atom is 0.175 e. The minimum absolute atomic E-state index is 0.404. The zero-order chi connectivity index (χ0) is 11.2. The first kappa shape index (κ1) is 12.9. The molecule has 0 aliphatic heterocycles. The summed E-state index contributed by atoms with van der Waals surface area (Å²) in [6.07, 6.45) is 2.09. The van der Waals surface area contributed by atoms with E-state index in [0.717, 1.165) is 12.0 Å². The van der Waals surface area contributed by atoms with Crippen LogP contribution in [0.1, 0.15) is 12.5 Å². The molecule has 0 N–H and O–H groups in total. The second kappa shape index (κ2) is 5.60. The summed E-state index contributed by atoms with van der Waals surface area (Å²) in [4.78, 5) is 0.404. The van der Waals surface area contributed by atoms with Crippen LogP contribution in [0.15, 0.2) is 42.3 Å². The van der Waals surface area contributed by atoms with Gasteiger partial charge in [-0.3, -0.25) is 0 Å². The van der Waals surface area contributed by atoms with Gasteiger partial charge in [-0.2, -0.15) is 0 Å². The summed E-state index contributed by atoms with van der Waals surface area (Å²) in [6.45, 7) is 8.00. The quantitative estimate of drug-likeness (QED) is 0.706. The summed E-state index contributed by atoms with van der Waals surface area (Å²) in [5.74, 6) is 0. The molecule has 2 nitrogen and oxygen atoms in total. The van der Waals surface area contributed by atoms with E-state index in [0.29, 0.717) is 4.90 Å². The molecule has 0 saturated carbocycles. The lowest BCUT2D eigenvalue weighted by Gasteiger charge is -2.00. The monoisotopic (exact) mass is 212 g/mol. The Kier molecular flexibility index (Phi) is 5.16. The molecule has 0 amide bonds. The Balaban J connectivity index is 0.000000791. The minimum atomic E-state index is -3.04. The van der Waals surface area contributed by atoms with Gasteiger partial charge in [0.05, 0.1) is 4.90 Å². The number of benzene rings is 1. The largest absolute Gasteiger partial charge is 0.224 e. The SMILES string of the molecule is C=C.CCc1cccc(S(C)(=O)=O)c1. The van der Waals surface area contributed by atoms with Crippen molar-refractivity contribution in [3.63, 3.8) is 0 Å². The molecule has 0 spiro atoms. The van der Waals surface area contributed by atoms with Crippen LogP contribution < -0.4 is 0 Å². The Morgan fingerprint density at radius 1 is 1.29 bits per heavy atom. The summed E-state index contributed by atoms with van der Waals surface area (Å²) >= 11 is 0. The zero-order valence-corrected chi connectivity index (χ0v) is 9.47. The molecule has 0 saturated heterocycles. The minimum Gasteiger partial charge on any atom is -0.224 e. The first-order valence-electron chi connectivity index (χ1n) is 4.33. The molecular weight excluding hydrogens is 196 g/mol. The van der Waals surface area contributed by atoms with E-state index < -0.39 is 9.84 Å².